The van der Waals surface area contributed by atoms with E-state index in [2.05, 4.69) is 17.6 Å². The number of nitrogens with two attached hydrogens (primary N) is 1. The van der Waals surface area contributed by atoms with Crippen molar-refractivity contribution >= 4 is 18.5 Å². The molecule has 0 aliphatic rings. The van der Waals surface area contributed by atoms with Crippen molar-refractivity contribution in [1.29, 1.82) is 0 Å². The second kappa shape index (κ2) is 6.23. The Balaban J connectivity index is 0.00000162. The molecule has 6 heteroatoms. The van der Waals surface area contributed by atoms with Gasteiger partial charge in [0.15, 0.2) is 5.16 Å². The highest BCUT2D eigenvalue weighted by molar-refractivity contribution is 7.80. The number of benzene rings is 1. The molecule has 18 heavy (non-hydrogen) atoms. The van der Waals surface area contributed by atoms with Crippen molar-refractivity contribution in [2.24, 2.45) is 5.73 Å². The number of rotatable bonds is 4. The van der Waals surface area contributed by atoms with E-state index in [1.54, 1.807) is 4.57 Å². The van der Waals surface area contributed by atoms with Gasteiger partial charge >= 0.3 is 0 Å². The van der Waals surface area contributed by atoms with Crippen molar-refractivity contribution in [3.05, 3.63) is 47.8 Å². The van der Waals surface area contributed by atoms with Crippen molar-refractivity contribution in [3.8, 4) is 0 Å². The van der Waals surface area contributed by atoms with Crippen molar-refractivity contribution in [2.45, 2.75) is 18.1 Å². The Morgan fingerprint density at radius 3 is 2.61 bits per heavy atom. The van der Waals surface area contributed by atoms with Crippen molar-refractivity contribution in [3.63, 3.8) is 0 Å². The van der Waals surface area contributed by atoms with Gasteiger partial charge in [0.2, 0.25) is 0 Å². The highest BCUT2D eigenvalue weighted by Crippen LogP contribution is 2.11. The average molecular weight is 265 g/mol. The third kappa shape index (κ3) is 3.12. The molecular weight excluding hydrogens is 250 g/mol. The Hall–Kier alpha value is -1.79. The van der Waals surface area contributed by atoms with E-state index in [1.165, 1.54) is 11.8 Å². The van der Waals surface area contributed by atoms with Gasteiger partial charge in [0.1, 0.15) is 5.69 Å². The maximum Gasteiger partial charge on any atom is 0.267 e. The number of nitrogens with zero attached hydrogens (tertiary/aromatic N) is 2. The summed E-state index contributed by atoms with van der Waals surface area (Å²) in [7, 11) is 0. The van der Waals surface area contributed by atoms with Crippen LogP contribution in [-0.2, 0) is 13.0 Å². The third-order valence-electron chi connectivity index (χ3n) is 2.55. The molecule has 0 fully saturated rings. The lowest BCUT2D eigenvalue weighted by Crippen LogP contribution is -2.17. The van der Waals surface area contributed by atoms with Gasteiger partial charge in [-0.05, 0) is 12.0 Å². The zero-order valence-corrected chi connectivity index (χ0v) is 10.6. The van der Waals surface area contributed by atoms with Gasteiger partial charge < -0.3 is 15.8 Å². The monoisotopic (exact) mass is 265 g/mol. The number of hydrogen-bond acceptors (Lipinski definition) is 3. The maximum absolute atomic E-state index is 11.2. The van der Waals surface area contributed by atoms with Crippen molar-refractivity contribution < 1.29 is 10.3 Å². The summed E-state index contributed by atoms with van der Waals surface area (Å²) in [6.07, 6.45) is 2.26. The molecule has 1 aromatic carbocycles. The molecule has 0 spiro atoms. The Labute approximate surface area is 110 Å². The Kier molecular flexibility index (Phi) is 4.94. The molecule has 1 aromatic heterocycles. The summed E-state index contributed by atoms with van der Waals surface area (Å²) in [6, 6.07) is 10.0. The molecule has 1 amide bonds. The number of imidazole rings is 1. The van der Waals surface area contributed by atoms with Crippen LogP contribution in [0.2, 0.25) is 0 Å². The largest absolute Gasteiger partial charge is 0.412 e. The first-order valence-electron chi connectivity index (χ1n) is 5.26. The first-order valence-corrected chi connectivity index (χ1v) is 5.71. The average Bonchev–Trinajstić information content (AvgIpc) is 2.69. The first kappa shape index (κ1) is 14.3. The van der Waals surface area contributed by atoms with Crippen LogP contribution < -0.4 is 5.73 Å². The second-order valence-electron chi connectivity index (χ2n) is 3.69. The minimum atomic E-state index is -0.481. The fraction of sp³-hybridized carbons (Fsp3) is 0.167. The lowest BCUT2D eigenvalue weighted by Gasteiger charge is -2.07. The van der Waals surface area contributed by atoms with Gasteiger partial charge in [-0.25, -0.2) is 4.98 Å². The van der Waals surface area contributed by atoms with Crippen LogP contribution in [0.15, 0.2) is 41.7 Å². The van der Waals surface area contributed by atoms with Crippen molar-refractivity contribution in [2.75, 3.05) is 0 Å². The molecule has 96 valence electrons. The van der Waals surface area contributed by atoms with Gasteiger partial charge in [-0.2, -0.15) is 0 Å². The van der Waals surface area contributed by atoms with Gasteiger partial charge in [-0.1, -0.05) is 30.3 Å². The third-order valence-corrected chi connectivity index (χ3v) is 2.91. The quantitative estimate of drug-likeness (QED) is 0.796. The summed E-state index contributed by atoms with van der Waals surface area (Å²) in [6.45, 7) is 0.640. The molecule has 4 N–H and O–H groups in total. The molecule has 0 aliphatic carbocycles. The lowest BCUT2D eigenvalue weighted by molar-refractivity contribution is 0.0990. The molecule has 0 aliphatic heterocycles. The number of aryl methyl sites for hydroxylation is 1. The van der Waals surface area contributed by atoms with E-state index in [4.69, 9.17) is 5.73 Å². The summed E-state index contributed by atoms with van der Waals surface area (Å²) >= 11 is 4.20. The number of carbonyl (C=O) groups is 1. The van der Waals surface area contributed by atoms with E-state index in [1.807, 2.05) is 30.3 Å². The molecule has 0 unspecified atom stereocenters. The standard InChI is InChI=1S/C12H13N3OS.H2O/c13-11(16)10-8-14-12(17)15(10)7-6-9-4-2-1-3-5-9;/h1-5,8H,6-7H2,(H2,13,16)(H,14,17);1H2. The van der Waals surface area contributed by atoms with Crippen LogP contribution in [0, 0.1) is 0 Å². The number of amides is 1. The predicted octanol–water partition coefficient (Wildman–Crippen LogP) is 0.689. The maximum atomic E-state index is 11.2. The summed E-state index contributed by atoms with van der Waals surface area (Å²) in [4.78, 5) is 15.2. The molecule has 0 radical (unpaired) electrons. The van der Waals surface area contributed by atoms with E-state index in [-0.39, 0.29) is 5.48 Å². The van der Waals surface area contributed by atoms with E-state index >= 15 is 0 Å². The summed E-state index contributed by atoms with van der Waals surface area (Å²) in [5.41, 5.74) is 6.86. The highest BCUT2D eigenvalue weighted by Gasteiger charge is 2.11. The Morgan fingerprint density at radius 2 is 2.00 bits per heavy atom. The van der Waals surface area contributed by atoms with Gasteiger partial charge in [-0.3, -0.25) is 4.79 Å². The topological polar surface area (TPSA) is 92.4 Å². The van der Waals surface area contributed by atoms with Crippen LogP contribution in [0.1, 0.15) is 16.1 Å². The van der Waals surface area contributed by atoms with E-state index < -0.39 is 5.91 Å². The molecule has 5 nitrogen and oxygen atoms in total. The fourth-order valence-corrected chi connectivity index (χ4v) is 1.93. The number of aromatic nitrogens is 2. The molecule has 0 saturated heterocycles. The zero-order chi connectivity index (χ0) is 12.3. The Bertz CT molecular complexity index is 525. The van der Waals surface area contributed by atoms with E-state index in [0.717, 1.165) is 6.42 Å². The molecular formula is C12H15N3O2S. The smallest absolute Gasteiger partial charge is 0.267 e. The van der Waals surface area contributed by atoms with Gasteiger partial charge in [0.05, 0.1) is 6.20 Å². The first-order chi connectivity index (χ1) is 8.18. The SMILES string of the molecule is NC(=O)c1cnc(S)n1CCc1ccccc1.O. The molecule has 2 rings (SSSR count). The minimum Gasteiger partial charge on any atom is -0.412 e. The summed E-state index contributed by atoms with van der Waals surface area (Å²) in [5, 5.41) is 0.509. The Morgan fingerprint density at radius 1 is 1.33 bits per heavy atom. The van der Waals surface area contributed by atoms with Crippen LogP contribution in [0.4, 0.5) is 0 Å². The summed E-state index contributed by atoms with van der Waals surface area (Å²) in [5.74, 6) is -0.481. The molecule has 0 bridgehead atoms. The van der Waals surface area contributed by atoms with Crippen molar-refractivity contribution in [1.82, 2.24) is 9.55 Å². The van der Waals surface area contributed by atoms with Gasteiger partial charge in [-0.15, -0.1) is 12.6 Å². The molecule has 1 heterocycles. The van der Waals surface area contributed by atoms with Crippen LogP contribution >= 0.6 is 12.6 Å². The minimum absolute atomic E-state index is 0. The molecule has 0 atom stereocenters. The second-order valence-corrected chi connectivity index (χ2v) is 4.09. The summed E-state index contributed by atoms with van der Waals surface area (Å²) < 4.78 is 1.72. The van der Waals surface area contributed by atoms with E-state index in [9.17, 15) is 4.79 Å². The lowest BCUT2D eigenvalue weighted by atomic mass is 10.1. The molecule has 0 saturated carbocycles. The number of hydrogen-bond donors (Lipinski definition) is 2. The fourth-order valence-electron chi connectivity index (χ4n) is 1.67. The number of primary amides is 1. The van der Waals surface area contributed by atoms with Crippen LogP contribution in [0.25, 0.3) is 0 Å². The van der Waals surface area contributed by atoms with Crippen LogP contribution in [-0.4, -0.2) is 20.9 Å². The van der Waals surface area contributed by atoms with Crippen LogP contribution in [0.3, 0.4) is 0 Å². The number of carbonyl (C=O) groups excluding carboxylic acids is 1. The zero-order valence-electron chi connectivity index (χ0n) is 9.71. The highest BCUT2D eigenvalue weighted by atomic mass is 32.1. The normalized spacial score (nSPS) is 9.83. The van der Waals surface area contributed by atoms with Gasteiger partial charge in [0.25, 0.3) is 5.91 Å². The predicted molar refractivity (Wildman–Crippen MR) is 71.8 cm³/mol. The molecule has 2 aromatic rings. The number of thiol groups is 1. The van der Waals surface area contributed by atoms with Crippen LogP contribution in [0.5, 0.6) is 0 Å². The van der Waals surface area contributed by atoms with E-state index in [0.29, 0.717) is 17.4 Å². The van der Waals surface area contributed by atoms with Gasteiger partial charge in [0, 0.05) is 6.54 Å².